The third kappa shape index (κ3) is 5.58. The quantitative estimate of drug-likeness (QED) is 0.677. The van der Waals surface area contributed by atoms with Gasteiger partial charge in [0.15, 0.2) is 0 Å². The molecule has 0 aromatic rings. The van der Waals surface area contributed by atoms with Gasteiger partial charge in [-0.05, 0) is 13.3 Å². The molecule has 2 amide bonds. The van der Waals surface area contributed by atoms with Crippen molar-refractivity contribution in [2.24, 2.45) is 5.92 Å². The van der Waals surface area contributed by atoms with Gasteiger partial charge in [0.2, 0.25) is 0 Å². The topological polar surface area (TPSA) is 69.6 Å². The molecule has 0 spiro atoms. The van der Waals surface area contributed by atoms with Gasteiger partial charge in [0.25, 0.3) is 0 Å². The molecule has 0 saturated carbocycles. The van der Waals surface area contributed by atoms with E-state index in [9.17, 15) is 9.59 Å². The fourth-order valence-electron chi connectivity index (χ4n) is 1.49. The van der Waals surface area contributed by atoms with E-state index in [0.717, 1.165) is 6.42 Å². The summed E-state index contributed by atoms with van der Waals surface area (Å²) < 4.78 is 0. The molecule has 0 aromatic carbocycles. The maximum atomic E-state index is 11.9. The van der Waals surface area contributed by atoms with Crippen LogP contribution in [0.5, 0.6) is 0 Å². The van der Waals surface area contributed by atoms with Gasteiger partial charge in [-0.15, -0.1) is 6.42 Å². The molecule has 5 nitrogen and oxygen atoms in total. The van der Waals surface area contributed by atoms with Gasteiger partial charge in [-0.25, -0.2) is 4.79 Å². The van der Waals surface area contributed by atoms with Crippen molar-refractivity contribution in [3.63, 3.8) is 0 Å². The van der Waals surface area contributed by atoms with Gasteiger partial charge in [0.1, 0.15) is 0 Å². The van der Waals surface area contributed by atoms with Gasteiger partial charge in [0, 0.05) is 13.1 Å². The van der Waals surface area contributed by atoms with E-state index in [1.165, 1.54) is 4.90 Å². The first-order chi connectivity index (χ1) is 8.46. The molecule has 0 saturated heterocycles. The summed E-state index contributed by atoms with van der Waals surface area (Å²) in [6.45, 7) is 6.00. The van der Waals surface area contributed by atoms with Crippen LogP contribution in [0.4, 0.5) is 4.79 Å². The van der Waals surface area contributed by atoms with Gasteiger partial charge in [-0.3, -0.25) is 4.79 Å². The molecule has 0 heterocycles. The summed E-state index contributed by atoms with van der Waals surface area (Å²) in [6, 6.07) is -0.598. The van der Waals surface area contributed by atoms with Crippen LogP contribution in [0.15, 0.2) is 0 Å². The lowest BCUT2D eigenvalue weighted by molar-refractivity contribution is -0.141. The van der Waals surface area contributed by atoms with Gasteiger partial charge in [0.05, 0.1) is 12.0 Å². The van der Waals surface area contributed by atoms with E-state index in [-0.39, 0.29) is 18.6 Å². The summed E-state index contributed by atoms with van der Waals surface area (Å²) in [5, 5.41) is 11.6. The standard InChI is InChI=1S/C13H22N2O3/c1-5-8-11(6-2)14-13(18)15(7-3)9-10(4)12(16)17/h2,10-11H,5,7-9H2,1,3-4H3,(H,14,18)(H,16,17). The van der Waals surface area contributed by atoms with Crippen molar-refractivity contribution in [1.82, 2.24) is 10.2 Å². The van der Waals surface area contributed by atoms with Gasteiger partial charge < -0.3 is 15.3 Å². The molecule has 0 radical (unpaired) electrons. The Bertz CT molecular complexity index is 323. The van der Waals surface area contributed by atoms with Crippen molar-refractivity contribution >= 4 is 12.0 Å². The smallest absolute Gasteiger partial charge is 0.318 e. The first kappa shape index (κ1) is 16.3. The van der Waals surface area contributed by atoms with Crippen LogP contribution in [0.2, 0.25) is 0 Å². The maximum Gasteiger partial charge on any atom is 0.318 e. The second-order valence-electron chi connectivity index (χ2n) is 4.24. The molecule has 0 aromatic heterocycles. The Balaban J connectivity index is 4.43. The minimum absolute atomic E-state index is 0.182. The molecular formula is C13H22N2O3. The molecule has 102 valence electrons. The molecule has 0 bridgehead atoms. The third-order valence-electron chi connectivity index (χ3n) is 2.66. The van der Waals surface area contributed by atoms with Crippen LogP contribution in [-0.2, 0) is 4.79 Å². The number of amides is 2. The van der Waals surface area contributed by atoms with Crippen LogP contribution < -0.4 is 5.32 Å². The zero-order chi connectivity index (χ0) is 14.1. The molecular weight excluding hydrogens is 232 g/mol. The van der Waals surface area contributed by atoms with Gasteiger partial charge in [-0.2, -0.15) is 0 Å². The van der Waals surface area contributed by atoms with Crippen LogP contribution in [-0.4, -0.2) is 41.1 Å². The minimum Gasteiger partial charge on any atom is -0.481 e. The SMILES string of the molecule is C#CC(CCC)NC(=O)N(CC)CC(C)C(=O)O. The number of rotatable bonds is 7. The summed E-state index contributed by atoms with van der Waals surface area (Å²) >= 11 is 0. The maximum absolute atomic E-state index is 11.9. The van der Waals surface area contributed by atoms with Crippen molar-refractivity contribution in [2.45, 2.75) is 39.7 Å². The third-order valence-corrected chi connectivity index (χ3v) is 2.66. The highest BCUT2D eigenvalue weighted by atomic mass is 16.4. The Morgan fingerprint density at radius 3 is 2.44 bits per heavy atom. The molecule has 18 heavy (non-hydrogen) atoms. The van der Waals surface area contributed by atoms with E-state index >= 15 is 0 Å². The molecule has 2 unspecified atom stereocenters. The summed E-state index contributed by atoms with van der Waals surface area (Å²) in [6.07, 6.45) is 6.92. The predicted octanol–water partition coefficient (Wildman–Crippen LogP) is 1.54. The van der Waals surface area contributed by atoms with E-state index in [4.69, 9.17) is 11.5 Å². The number of carboxylic acid groups (broad SMARTS) is 1. The molecule has 0 aliphatic heterocycles. The number of carboxylic acids is 1. The van der Waals surface area contributed by atoms with Gasteiger partial charge in [-0.1, -0.05) is 26.2 Å². The number of terminal acetylenes is 1. The number of hydrogen-bond acceptors (Lipinski definition) is 2. The summed E-state index contributed by atoms with van der Waals surface area (Å²) in [5.74, 6) is 1.01. The fraction of sp³-hybridized carbons (Fsp3) is 0.692. The van der Waals surface area contributed by atoms with Crippen molar-refractivity contribution in [2.75, 3.05) is 13.1 Å². The molecule has 5 heteroatoms. The fourth-order valence-corrected chi connectivity index (χ4v) is 1.49. The number of nitrogens with one attached hydrogen (secondary N) is 1. The number of carbonyl (C=O) groups is 2. The molecule has 2 N–H and O–H groups in total. The second kappa shape index (κ2) is 8.40. The van der Waals surface area contributed by atoms with Crippen molar-refractivity contribution in [3.05, 3.63) is 0 Å². The average molecular weight is 254 g/mol. The lowest BCUT2D eigenvalue weighted by atomic mass is 10.1. The van der Waals surface area contributed by atoms with Crippen LogP contribution in [0.25, 0.3) is 0 Å². The zero-order valence-electron chi connectivity index (χ0n) is 11.3. The lowest BCUT2D eigenvalue weighted by Gasteiger charge is -2.25. The second-order valence-corrected chi connectivity index (χ2v) is 4.24. The van der Waals surface area contributed by atoms with Crippen LogP contribution in [0.1, 0.15) is 33.6 Å². The zero-order valence-corrected chi connectivity index (χ0v) is 11.3. The number of urea groups is 1. The lowest BCUT2D eigenvalue weighted by Crippen LogP contribution is -2.46. The highest BCUT2D eigenvalue weighted by molar-refractivity contribution is 5.76. The Labute approximate surface area is 109 Å². The largest absolute Gasteiger partial charge is 0.481 e. The number of carbonyl (C=O) groups excluding carboxylic acids is 1. The molecule has 0 aliphatic rings. The van der Waals surface area contributed by atoms with Crippen molar-refractivity contribution in [3.8, 4) is 12.3 Å². The number of nitrogens with zero attached hydrogens (tertiary/aromatic N) is 1. The van der Waals surface area contributed by atoms with Crippen LogP contribution in [0, 0.1) is 18.3 Å². The van der Waals surface area contributed by atoms with Crippen molar-refractivity contribution in [1.29, 1.82) is 0 Å². The Morgan fingerprint density at radius 2 is 2.06 bits per heavy atom. The van der Waals surface area contributed by atoms with Crippen LogP contribution >= 0.6 is 0 Å². The molecule has 2 atom stereocenters. The molecule has 0 aliphatic carbocycles. The Hall–Kier alpha value is -1.70. The average Bonchev–Trinajstić information content (AvgIpc) is 2.34. The van der Waals surface area contributed by atoms with E-state index in [0.29, 0.717) is 13.0 Å². The monoisotopic (exact) mass is 254 g/mol. The number of hydrogen-bond donors (Lipinski definition) is 2. The Kier molecular flexibility index (Phi) is 7.61. The van der Waals surface area contributed by atoms with E-state index in [1.54, 1.807) is 13.8 Å². The summed E-state index contributed by atoms with van der Waals surface area (Å²) in [5.41, 5.74) is 0. The van der Waals surface area contributed by atoms with Crippen LogP contribution in [0.3, 0.4) is 0 Å². The first-order valence-electron chi connectivity index (χ1n) is 6.20. The van der Waals surface area contributed by atoms with E-state index in [1.807, 2.05) is 6.92 Å². The normalized spacial score (nSPS) is 13.2. The Morgan fingerprint density at radius 1 is 1.44 bits per heavy atom. The summed E-state index contributed by atoms with van der Waals surface area (Å²) in [7, 11) is 0. The highest BCUT2D eigenvalue weighted by Crippen LogP contribution is 2.02. The minimum atomic E-state index is -0.914. The van der Waals surface area contributed by atoms with Gasteiger partial charge >= 0.3 is 12.0 Å². The first-order valence-corrected chi connectivity index (χ1v) is 6.20. The summed E-state index contributed by atoms with van der Waals surface area (Å²) in [4.78, 5) is 24.1. The highest BCUT2D eigenvalue weighted by Gasteiger charge is 2.20. The van der Waals surface area contributed by atoms with E-state index in [2.05, 4.69) is 11.2 Å². The number of aliphatic carboxylic acids is 1. The molecule has 0 rings (SSSR count). The van der Waals surface area contributed by atoms with Crippen molar-refractivity contribution < 1.29 is 14.7 Å². The van der Waals surface area contributed by atoms with E-state index < -0.39 is 11.9 Å². The molecule has 0 fully saturated rings. The predicted molar refractivity (Wildman–Crippen MR) is 70.1 cm³/mol.